The Bertz CT molecular complexity index is 1160. The zero-order chi connectivity index (χ0) is 18.2. The third-order valence-corrected chi connectivity index (χ3v) is 5.32. The van der Waals surface area contributed by atoms with Crippen molar-refractivity contribution in [3.05, 3.63) is 95.3 Å². The van der Waals surface area contributed by atoms with E-state index in [0.717, 1.165) is 24.4 Å². The van der Waals surface area contributed by atoms with E-state index in [4.69, 9.17) is 5.10 Å². The SMILES string of the molecule is Cn1c2c(c3ccccc31)C(=NNc1ccccn1)c1ccccc1CC2. The maximum atomic E-state index is 4.85. The van der Waals surface area contributed by atoms with Gasteiger partial charge >= 0.3 is 0 Å². The molecule has 5 rings (SSSR count). The summed E-state index contributed by atoms with van der Waals surface area (Å²) in [6.07, 6.45) is 3.78. The predicted molar refractivity (Wildman–Crippen MR) is 110 cm³/mol. The molecule has 0 aliphatic heterocycles. The number of para-hydroxylation sites is 1. The third kappa shape index (κ3) is 2.61. The van der Waals surface area contributed by atoms with Crippen molar-refractivity contribution in [3.8, 4) is 0 Å². The molecule has 0 spiro atoms. The maximum Gasteiger partial charge on any atom is 0.146 e. The van der Waals surface area contributed by atoms with Crippen molar-refractivity contribution >= 4 is 22.4 Å². The number of aromatic nitrogens is 2. The first-order valence-electron chi connectivity index (χ1n) is 9.22. The van der Waals surface area contributed by atoms with E-state index >= 15 is 0 Å². The molecule has 4 aromatic rings. The second-order valence-corrected chi connectivity index (χ2v) is 6.84. The van der Waals surface area contributed by atoms with Gasteiger partial charge in [0.1, 0.15) is 11.5 Å². The second kappa shape index (κ2) is 6.40. The molecule has 0 atom stereocenters. The van der Waals surface area contributed by atoms with Gasteiger partial charge in [-0.25, -0.2) is 4.98 Å². The fourth-order valence-corrected chi connectivity index (χ4v) is 4.02. The summed E-state index contributed by atoms with van der Waals surface area (Å²) in [5.74, 6) is 0.744. The molecule has 0 saturated carbocycles. The number of benzene rings is 2. The van der Waals surface area contributed by atoms with Crippen molar-refractivity contribution in [2.24, 2.45) is 12.1 Å². The molecule has 1 N–H and O–H groups in total. The molecule has 2 aromatic heterocycles. The van der Waals surface area contributed by atoms with Crippen LogP contribution in [0.3, 0.4) is 0 Å². The highest BCUT2D eigenvalue weighted by atomic mass is 15.3. The van der Waals surface area contributed by atoms with Gasteiger partial charge in [-0.1, -0.05) is 48.5 Å². The summed E-state index contributed by atoms with van der Waals surface area (Å²) in [7, 11) is 2.15. The Morgan fingerprint density at radius 3 is 2.63 bits per heavy atom. The lowest BCUT2D eigenvalue weighted by atomic mass is 9.98. The summed E-state index contributed by atoms with van der Waals surface area (Å²) in [4.78, 5) is 4.34. The zero-order valence-corrected chi connectivity index (χ0v) is 15.2. The first-order chi connectivity index (χ1) is 13.3. The molecule has 0 radical (unpaired) electrons. The minimum atomic E-state index is 0.744. The molecule has 2 aromatic carbocycles. The van der Waals surface area contributed by atoms with Crippen molar-refractivity contribution in [2.45, 2.75) is 12.8 Å². The van der Waals surface area contributed by atoms with Gasteiger partial charge in [0.05, 0.1) is 0 Å². The minimum Gasteiger partial charge on any atom is -0.347 e. The summed E-state index contributed by atoms with van der Waals surface area (Å²) in [5.41, 5.74) is 10.5. The number of pyridine rings is 1. The molecule has 0 amide bonds. The van der Waals surface area contributed by atoms with E-state index in [-0.39, 0.29) is 0 Å². The monoisotopic (exact) mass is 352 g/mol. The van der Waals surface area contributed by atoms with Crippen LogP contribution in [0.4, 0.5) is 5.82 Å². The van der Waals surface area contributed by atoms with Gasteiger partial charge in [-0.05, 0) is 36.6 Å². The van der Waals surface area contributed by atoms with Crippen LogP contribution < -0.4 is 5.43 Å². The molecule has 0 bridgehead atoms. The average Bonchev–Trinajstić information content (AvgIpc) is 2.90. The number of aryl methyl sites for hydroxylation is 2. The Hall–Kier alpha value is -3.40. The Morgan fingerprint density at radius 2 is 1.74 bits per heavy atom. The van der Waals surface area contributed by atoms with Crippen LogP contribution in [0, 0.1) is 0 Å². The highest BCUT2D eigenvalue weighted by Crippen LogP contribution is 2.32. The number of nitrogens with zero attached hydrogens (tertiary/aromatic N) is 3. The number of rotatable bonds is 2. The Morgan fingerprint density at radius 1 is 0.926 bits per heavy atom. The molecule has 4 nitrogen and oxygen atoms in total. The standard InChI is InChI=1S/C23H20N4/c1-27-19-11-5-4-10-18(19)22-20(27)14-13-16-8-2-3-9-17(16)23(22)26-25-21-12-6-7-15-24-21/h2-12,15H,13-14H2,1H3,(H,24,25). The summed E-state index contributed by atoms with van der Waals surface area (Å²) < 4.78 is 2.31. The van der Waals surface area contributed by atoms with E-state index in [1.165, 1.54) is 33.3 Å². The molecular formula is C23H20N4. The Labute approximate surface area is 158 Å². The lowest BCUT2D eigenvalue weighted by Crippen LogP contribution is -2.09. The lowest BCUT2D eigenvalue weighted by molar-refractivity contribution is 0.822. The second-order valence-electron chi connectivity index (χ2n) is 6.84. The molecule has 27 heavy (non-hydrogen) atoms. The van der Waals surface area contributed by atoms with Crippen LogP contribution in [-0.2, 0) is 19.9 Å². The van der Waals surface area contributed by atoms with Crippen LogP contribution in [0.2, 0.25) is 0 Å². The van der Waals surface area contributed by atoms with Crippen LogP contribution in [-0.4, -0.2) is 15.3 Å². The molecule has 132 valence electrons. The summed E-state index contributed by atoms with van der Waals surface area (Å²) in [5, 5.41) is 6.09. The van der Waals surface area contributed by atoms with Crippen molar-refractivity contribution in [1.82, 2.24) is 9.55 Å². The van der Waals surface area contributed by atoms with Gasteiger partial charge in [-0.15, -0.1) is 0 Å². The Balaban J connectivity index is 1.76. The quantitative estimate of drug-likeness (QED) is 0.538. The zero-order valence-electron chi connectivity index (χ0n) is 15.2. The average molecular weight is 352 g/mol. The van der Waals surface area contributed by atoms with E-state index in [2.05, 4.69) is 70.6 Å². The number of fused-ring (bicyclic) bond motifs is 4. The highest BCUT2D eigenvalue weighted by molar-refractivity contribution is 6.21. The van der Waals surface area contributed by atoms with Crippen LogP contribution >= 0.6 is 0 Å². The van der Waals surface area contributed by atoms with E-state index < -0.39 is 0 Å². The van der Waals surface area contributed by atoms with Crippen LogP contribution in [0.25, 0.3) is 10.9 Å². The van der Waals surface area contributed by atoms with Crippen LogP contribution in [0.1, 0.15) is 22.4 Å². The minimum absolute atomic E-state index is 0.744. The number of nitrogens with one attached hydrogen (secondary N) is 1. The number of hydrogen-bond acceptors (Lipinski definition) is 3. The first kappa shape index (κ1) is 15.8. The molecule has 4 heteroatoms. The first-order valence-corrected chi connectivity index (χ1v) is 9.22. The maximum absolute atomic E-state index is 4.85. The summed E-state index contributed by atoms with van der Waals surface area (Å²) in [6.45, 7) is 0. The number of hydrogen-bond donors (Lipinski definition) is 1. The summed E-state index contributed by atoms with van der Waals surface area (Å²) >= 11 is 0. The van der Waals surface area contributed by atoms with E-state index in [0.29, 0.717) is 0 Å². The summed E-state index contributed by atoms with van der Waals surface area (Å²) in [6, 6.07) is 22.9. The fourth-order valence-electron chi connectivity index (χ4n) is 4.02. The van der Waals surface area contributed by atoms with Crippen molar-refractivity contribution in [3.63, 3.8) is 0 Å². The van der Waals surface area contributed by atoms with Gasteiger partial charge in [0, 0.05) is 41.0 Å². The largest absolute Gasteiger partial charge is 0.347 e. The Kier molecular flexibility index (Phi) is 3.75. The highest BCUT2D eigenvalue weighted by Gasteiger charge is 2.25. The van der Waals surface area contributed by atoms with Gasteiger partial charge in [0.25, 0.3) is 0 Å². The normalized spacial score (nSPS) is 14.6. The van der Waals surface area contributed by atoms with Crippen LogP contribution in [0.5, 0.6) is 0 Å². The predicted octanol–water partition coefficient (Wildman–Crippen LogP) is 4.54. The molecule has 0 saturated heterocycles. The van der Waals surface area contributed by atoms with Crippen molar-refractivity contribution in [1.29, 1.82) is 0 Å². The lowest BCUT2D eigenvalue weighted by Gasteiger charge is -2.10. The topological polar surface area (TPSA) is 42.2 Å². The van der Waals surface area contributed by atoms with Crippen molar-refractivity contribution in [2.75, 3.05) is 5.43 Å². The van der Waals surface area contributed by atoms with Gasteiger partial charge < -0.3 is 4.57 Å². The van der Waals surface area contributed by atoms with Gasteiger partial charge in [-0.3, -0.25) is 5.43 Å². The van der Waals surface area contributed by atoms with E-state index in [1.54, 1.807) is 6.20 Å². The fraction of sp³-hybridized carbons (Fsp3) is 0.130. The van der Waals surface area contributed by atoms with Crippen LogP contribution in [0.15, 0.2) is 78.0 Å². The molecular weight excluding hydrogens is 332 g/mol. The number of hydrazone groups is 1. The van der Waals surface area contributed by atoms with E-state index in [9.17, 15) is 0 Å². The molecule has 1 aliphatic carbocycles. The van der Waals surface area contributed by atoms with Crippen molar-refractivity contribution < 1.29 is 0 Å². The smallest absolute Gasteiger partial charge is 0.146 e. The van der Waals surface area contributed by atoms with Gasteiger partial charge in [0.15, 0.2) is 0 Å². The van der Waals surface area contributed by atoms with Gasteiger partial charge in [0.2, 0.25) is 0 Å². The van der Waals surface area contributed by atoms with E-state index in [1.807, 2.05) is 18.2 Å². The molecule has 1 aliphatic rings. The third-order valence-electron chi connectivity index (χ3n) is 5.32. The molecule has 0 fully saturated rings. The number of anilines is 1. The molecule has 2 heterocycles. The molecule has 0 unspecified atom stereocenters. The van der Waals surface area contributed by atoms with Gasteiger partial charge in [-0.2, -0.15) is 5.10 Å².